The Morgan fingerprint density at radius 3 is 1.00 bits per heavy atom. The Hall–Kier alpha value is -0.114. The minimum Gasteiger partial charge on any atom is -0.696 e. The van der Waals surface area contributed by atoms with Crippen LogP contribution in [0.25, 0.3) is 0 Å². The fourth-order valence-corrected chi connectivity index (χ4v) is 0. The van der Waals surface area contributed by atoms with Gasteiger partial charge in [0.15, 0.2) is 0 Å². The summed E-state index contributed by atoms with van der Waals surface area (Å²) in [5, 5.41) is 16.9. The van der Waals surface area contributed by atoms with E-state index in [2.05, 4.69) is 25.3 Å². The minimum absolute atomic E-state index is 0. The fraction of sp³-hybridized carbons (Fsp3) is 0. The molecule has 1 radical (unpaired) electrons. The maximum absolute atomic E-state index is 7.13. The van der Waals surface area contributed by atoms with Gasteiger partial charge in [-0.05, 0) is 0 Å². The summed E-state index contributed by atoms with van der Waals surface area (Å²) in [4.78, 5) is 0. The Balaban J connectivity index is -0.0000000160. The van der Waals surface area contributed by atoms with Crippen LogP contribution in [-0.2, 0) is 42.0 Å². The van der Waals surface area contributed by atoms with Gasteiger partial charge in [-0.3, -0.25) is 0 Å². The molecule has 0 fully saturated rings. The van der Waals surface area contributed by atoms with Crippen molar-refractivity contribution in [2.45, 2.75) is 0 Å². The normalized spacial score (nSPS) is 1.75. The summed E-state index contributed by atoms with van der Waals surface area (Å²) >= 11 is 7.40. The van der Waals surface area contributed by atoms with Gasteiger partial charge in [-0.15, -0.1) is 0 Å². The van der Waals surface area contributed by atoms with Crippen LogP contribution in [0, 0.1) is 21.3 Å². The van der Waals surface area contributed by atoms with E-state index in [4.69, 9.17) is 10.5 Å². The van der Waals surface area contributed by atoms with Crippen LogP contribution in [-0.4, -0.2) is 0 Å². The van der Waals surface area contributed by atoms with Crippen molar-refractivity contribution in [3.8, 4) is 10.8 Å². The van der Waals surface area contributed by atoms with Gasteiger partial charge < -0.3 is 31.4 Å². The first-order valence-corrected chi connectivity index (χ1v) is 1.67. The van der Waals surface area contributed by atoms with E-state index in [0.29, 0.717) is 0 Å². The fourth-order valence-electron chi connectivity index (χ4n) is 0. The molecule has 47 valence electrons. The molecule has 3 nitrogen and oxygen atoms in total. The quantitative estimate of drug-likeness (QED) is 0.437. The van der Waals surface area contributed by atoms with Crippen LogP contribution in [0.3, 0.4) is 0 Å². The van der Waals surface area contributed by atoms with E-state index in [1.807, 2.05) is 0 Å². The van der Waals surface area contributed by atoms with Crippen molar-refractivity contribution in [3.05, 3.63) is 0 Å². The predicted octanol–water partition coefficient (Wildman–Crippen LogP) is 0.188. The van der Waals surface area contributed by atoms with Crippen LogP contribution >= 0.6 is 0 Å². The molecule has 0 atom stereocenters. The van der Waals surface area contributed by atoms with Gasteiger partial charge in [0.05, 0.1) is 0 Å². The van der Waals surface area contributed by atoms with Gasteiger partial charge in [-0.25, -0.2) is 10.5 Å². The minimum atomic E-state index is 0. The van der Waals surface area contributed by atoms with Gasteiger partial charge in [0, 0.05) is 0 Å². The van der Waals surface area contributed by atoms with Crippen LogP contribution < -0.4 is 6.15 Å². The number of hydrogen-bond donors (Lipinski definition) is 1. The Kier molecular flexibility index (Phi) is 208. The third-order valence-corrected chi connectivity index (χ3v) is 0. The van der Waals surface area contributed by atoms with E-state index >= 15 is 0 Å². The average Bonchev–Trinajstić information content (AvgIpc) is 1.39. The molecule has 0 unspecified atom stereocenters. The van der Waals surface area contributed by atoms with E-state index in [0.717, 1.165) is 0 Å². The third-order valence-electron chi connectivity index (χ3n) is 0. The second-order valence-electron chi connectivity index (χ2n) is 0.183. The van der Waals surface area contributed by atoms with Gasteiger partial charge in [-0.1, -0.05) is 10.8 Å². The second kappa shape index (κ2) is 67.1. The van der Waals surface area contributed by atoms with Crippen molar-refractivity contribution in [2.24, 2.45) is 0 Å². The van der Waals surface area contributed by atoms with Crippen molar-refractivity contribution in [1.29, 1.82) is 10.5 Å². The molecule has 0 saturated carbocycles. The van der Waals surface area contributed by atoms with Crippen LogP contribution in [0.15, 0.2) is 0 Å². The third kappa shape index (κ3) is 10900. The molecule has 0 aromatic heterocycles. The Morgan fingerprint density at radius 2 is 1.00 bits per heavy atom. The summed E-state index contributed by atoms with van der Waals surface area (Å²) in [7, 11) is 0. The topological polar surface area (TPSA) is 82.6 Å². The second-order valence-corrected chi connectivity index (χ2v) is 0.548. The zero-order valence-electron chi connectivity index (χ0n) is 3.75. The molecule has 0 heterocycles. The first kappa shape index (κ1) is 24.8. The van der Waals surface area contributed by atoms with Crippen molar-refractivity contribution in [2.75, 3.05) is 0 Å². The SMILES string of the molecule is N.N#C[S-].N#C[S-].[Co+2]. The molecule has 0 aliphatic carbocycles. The summed E-state index contributed by atoms with van der Waals surface area (Å²) in [6.07, 6.45) is 0. The van der Waals surface area contributed by atoms with E-state index in [1.165, 1.54) is 10.8 Å². The first-order chi connectivity index (χ1) is 2.83. The van der Waals surface area contributed by atoms with Gasteiger partial charge in [0.1, 0.15) is 0 Å². The molecule has 0 aromatic carbocycles. The molecule has 8 heavy (non-hydrogen) atoms. The van der Waals surface area contributed by atoms with Crippen LogP contribution in [0.4, 0.5) is 0 Å². The van der Waals surface area contributed by atoms with E-state index in [9.17, 15) is 0 Å². The van der Waals surface area contributed by atoms with Crippen molar-refractivity contribution < 1.29 is 16.8 Å². The van der Waals surface area contributed by atoms with Crippen LogP contribution in [0.1, 0.15) is 0 Å². The summed E-state index contributed by atoms with van der Waals surface area (Å²) in [6.45, 7) is 0. The van der Waals surface area contributed by atoms with Crippen molar-refractivity contribution in [3.63, 3.8) is 0 Å². The summed E-state index contributed by atoms with van der Waals surface area (Å²) in [6, 6.07) is 0. The molecule has 6 heteroatoms. The predicted molar refractivity (Wildman–Crippen MR) is 31.0 cm³/mol. The van der Waals surface area contributed by atoms with Crippen molar-refractivity contribution >= 4 is 25.3 Å². The smallest absolute Gasteiger partial charge is 0.696 e. The zero-order chi connectivity index (χ0) is 5.41. The Labute approximate surface area is 69.7 Å². The zero-order valence-corrected chi connectivity index (χ0v) is 6.43. The largest absolute Gasteiger partial charge is 2.00 e. The molecule has 0 spiro atoms. The van der Waals surface area contributed by atoms with E-state index in [1.54, 1.807) is 0 Å². The molecule has 0 rings (SSSR count). The molecular formula is C2H3CoN3S2. The van der Waals surface area contributed by atoms with Crippen LogP contribution in [0.2, 0.25) is 0 Å². The van der Waals surface area contributed by atoms with Gasteiger partial charge in [0.25, 0.3) is 0 Å². The average molecular weight is 192 g/mol. The molecule has 3 N–H and O–H groups in total. The van der Waals surface area contributed by atoms with Crippen LogP contribution in [0.5, 0.6) is 0 Å². The molecule has 0 saturated heterocycles. The number of hydrogen-bond acceptors (Lipinski definition) is 5. The van der Waals surface area contributed by atoms with Gasteiger partial charge >= 0.3 is 16.8 Å². The summed E-state index contributed by atoms with van der Waals surface area (Å²) in [5.74, 6) is 0. The van der Waals surface area contributed by atoms with Gasteiger partial charge in [-0.2, -0.15) is 0 Å². The molecule has 0 aliphatic rings. The summed E-state index contributed by atoms with van der Waals surface area (Å²) in [5.41, 5.74) is 0. The maximum atomic E-state index is 7.13. The standard InChI is InChI=1S/2CHNS.Co.H3N/c2*2-1-3;;/h2*3H;;1H3/q;;+2;/p-2. The van der Waals surface area contributed by atoms with Gasteiger partial charge in [0.2, 0.25) is 0 Å². The maximum Gasteiger partial charge on any atom is 2.00 e. The number of nitrogens with zero attached hydrogens (tertiary/aromatic N) is 2. The number of thiocyanates is 2. The molecule has 0 bridgehead atoms. The Morgan fingerprint density at radius 1 is 1.00 bits per heavy atom. The molecule has 0 amide bonds. The number of rotatable bonds is 0. The first-order valence-electron chi connectivity index (χ1n) is 0.855. The summed E-state index contributed by atoms with van der Waals surface area (Å²) < 4.78 is 0. The molecule has 0 aliphatic heterocycles. The monoisotopic (exact) mass is 192 g/mol. The van der Waals surface area contributed by atoms with Crippen molar-refractivity contribution in [1.82, 2.24) is 6.15 Å². The Bertz CT molecular complexity index is 70.3. The number of nitriles is 2. The van der Waals surface area contributed by atoms with E-state index < -0.39 is 0 Å². The molecule has 0 aromatic rings. The molecular weight excluding hydrogens is 189 g/mol. The van der Waals surface area contributed by atoms with E-state index in [-0.39, 0.29) is 22.9 Å².